The van der Waals surface area contributed by atoms with Crippen LogP contribution >= 0.6 is 0 Å². The van der Waals surface area contributed by atoms with E-state index in [2.05, 4.69) is 18.0 Å². The predicted molar refractivity (Wildman–Crippen MR) is 223 cm³/mol. The molecular weight excluding hydrogens is 773 g/mol. The van der Waals surface area contributed by atoms with Crippen LogP contribution in [-0.4, -0.2) is 83.2 Å². The molecule has 15 nitrogen and oxygen atoms in total. The summed E-state index contributed by atoms with van der Waals surface area (Å²) in [6.45, 7) is 6.46. The molecule has 6 rings (SSSR count). The molecule has 3 aromatic carbocycles. The van der Waals surface area contributed by atoms with Gasteiger partial charge in [-0.05, 0) is 85.9 Å². The molecule has 0 spiro atoms. The molecule has 3 N–H and O–H groups in total. The SMILES string of the molecule is C=CCOC12Oc3ccc(OC(=O)NCC)cc3C3C(CCCCO)C(CCCCO)C=C(C(=NOCc4ccccc4)CC1N(C)C(=O)Oc1ccc([N+](=O)[O-])cc1)C32. The molecule has 0 radical (unpaired) electrons. The average molecular weight is 827 g/mol. The molecule has 1 heterocycles. The topological polar surface area (TPSA) is 192 Å². The first-order valence-electron chi connectivity index (χ1n) is 20.5. The van der Waals surface area contributed by atoms with Crippen LogP contribution in [0.4, 0.5) is 15.3 Å². The van der Waals surface area contributed by atoms with Gasteiger partial charge in [-0.1, -0.05) is 60.5 Å². The minimum Gasteiger partial charge on any atom is -0.459 e. The van der Waals surface area contributed by atoms with Gasteiger partial charge in [0.2, 0.25) is 5.79 Å². The Kier molecular flexibility index (Phi) is 14.9. The number of nitro benzene ring substituents is 1. The number of aliphatic hydroxyl groups excluding tert-OH is 2. The molecule has 3 aliphatic rings. The Morgan fingerprint density at radius 3 is 2.42 bits per heavy atom. The van der Waals surface area contributed by atoms with Gasteiger partial charge in [-0.15, -0.1) is 6.58 Å². The third-order valence-electron chi connectivity index (χ3n) is 11.4. The Labute approximate surface area is 349 Å². The van der Waals surface area contributed by atoms with Crippen LogP contribution in [-0.2, 0) is 16.2 Å². The number of benzene rings is 3. The Morgan fingerprint density at radius 1 is 1.02 bits per heavy atom. The fraction of sp³-hybridized carbons (Fsp3) is 0.444. The van der Waals surface area contributed by atoms with Crippen molar-refractivity contribution in [3.05, 3.63) is 118 Å². The number of rotatable bonds is 19. The first-order valence-corrected chi connectivity index (χ1v) is 20.5. The lowest BCUT2D eigenvalue weighted by Crippen LogP contribution is -2.69. The van der Waals surface area contributed by atoms with Crippen molar-refractivity contribution in [2.75, 3.05) is 33.4 Å². The number of allylic oxidation sites excluding steroid dienone is 1. The number of unbranched alkanes of at least 4 members (excludes halogenated alkanes) is 2. The lowest BCUT2D eigenvalue weighted by Gasteiger charge is -2.59. The summed E-state index contributed by atoms with van der Waals surface area (Å²) in [5.74, 6) is -1.67. The fourth-order valence-corrected chi connectivity index (χ4v) is 8.77. The second-order valence-corrected chi connectivity index (χ2v) is 15.2. The summed E-state index contributed by atoms with van der Waals surface area (Å²) >= 11 is 0. The lowest BCUT2D eigenvalue weighted by molar-refractivity contribution is -0.384. The zero-order valence-corrected chi connectivity index (χ0v) is 34.1. The number of nitro groups is 1. The van der Waals surface area contributed by atoms with Crippen molar-refractivity contribution in [1.29, 1.82) is 0 Å². The van der Waals surface area contributed by atoms with Gasteiger partial charge < -0.3 is 44.2 Å². The first kappa shape index (κ1) is 43.8. The maximum Gasteiger partial charge on any atom is 0.415 e. The number of hydrogen-bond acceptors (Lipinski definition) is 12. The van der Waals surface area contributed by atoms with E-state index in [0.29, 0.717) is 43.0 Å². The first-order chi connectivity index (χ1) is 29.1. The Balaban J connectivity index is 1.53. The molecule has 1 saturated carbocycles. The monoisotopic (exact) mass is 826 g/mol. The summed E-state index contributed by atoms with van der Waals surface area (Å²) in [7, 11) is 1.59. The van der Waals surface area contributed by atoms with Gasteiger partial charge in [0.1, 0.15) is 29.9 Å². The normalized spacial score (nSPS) is 23.2. The number of ether oxygens (including phenoxy) is 4. The van der Waals surface area contributed by atoms with Crippen molar-refractivity contribution < 1.29 is 48.5 Å². The second kappa shape index (κ2) is 20.5. The summed E-state index contributed by atoms with van der Waals surface area (Å²) in [5, 5.41) is 38.5. The summed E-state index contributed by atoms with van der Waals surface area (Å²) in [4.78, 5) is 45.2. The van der Waals surface area contributed by atoms with E-state index < -0.39 is 34.9 Å². The van der Waals surface area contributed by atoms with E-state index in [4.69, 9.17) is 28.9 Å². The van der Waals surface area contributed by atoms with E-state index in [-0.39, 0.29) is 62.0 Å². The van der Waals surface area contributed by atoms with Crippen molar-refractivity contribution in [1.82, 2.24) is 10.2 Å². The van der Waals surface area contributed by atoms with Gasteiger partial charge in [-0.25, -0.2) is 9.59 Å². The largest absolute Gasteiger partial charge is 0.459 e. The molecular formula is C45H54N4O11. The van der Waals surface area contributed by atoms with Gasteiger partial charge in [0.15, 0.2) is 0 Å². The molecule has 0 saturated heterocycles. The number of non-ortho nitro benzene ring substituents is 1. The Morgan fingerprint density at radius 2 is 1.73 bits per heavy atom. The number of nitrogens with one attached hydrogen (secondary N) is 1. The van der Waals surface area contributed by atoms with Crippen molar-refractivity contribution in [2.45, 2.75) is 76.2 Å². The number of carbonyl (C=O) groups excluding carboxylic acids is 2. The van der Waals surface area contributed by atoms with Crippen LogP contribution in [0.3, 0.4) is 0 Å². The van der Waals surface area contributed by atoms with Crippen LogP contribution in [0.15, 0.2) is 102 Å². The minimum atomic E-state index is -1.55. The molecule has 3 aromatic rings. The third-order valence-corrected chi connectivity index (χ3v) is 11.4. The van der Waals surface area contributed by atoms with E-state index in [1.807, 2.05) is 36.4 Å². The number of likely N-dealkylation sites (N-methyl/N-ethyl adjacent to an activating group) is 1. The predicted octanol–water partition coefficient (Wildman–Crippen LogP) is 7.67. The summed E-state index contributed by atoms with van der Waals surface area (Å²) in [6, 6.07) is 19.2. The molecule has 6 atom stereocenters. The highest BCUT2D eigenvalue weighted by atomic mass is 16.7. The zero-order chi connectivity index (χ0) is 42.6. The Bertz CT molecular complexity index is 2020. The lowest BCUT2D eigenvalue weighted by atomic mass is 9.55. The maximum absolute atomic E-state index is 14.2. The number of fused-ring (bicyclic) bond motifs is 2. The third kappa shape index (κ3) is 9.81. The number of carbonyl (C=O) groups is 2. The van der Waals surface area contributed by atoms with Crippen molar-refractivity contribution in [3.63, 3.8) is 0 Å². The number of oxime groups is 1. The van der Waals surface area contributed by atoms with Gasteiger partial charge in [-0.2, -0.15) is 0 Å². The highest BCUT2D eigenvalue weighted by Gasteiger charge is 2.65. The van der Waals surface area contributed by atoms with Crippen LogP contribution in [0.25, 0.3) is 0 Å². The standard InChI is InChI=1S/C45H54N4O11/c1-4-25-56-45-40(48(3)44(53)59-33-19-17-32(18-20-33)49(54)55)28-38(47-57-29-30-13-7-6-8-14-30)36-26-31(15-9-11-23-50)35(16-10-12-24-51)41(42(36)45)37-27-34(21-22-39(37)60-45)58-43(52)46-5-2/h4,6-8,13-14,17-22,26-27,31,35,40-42,50-51H,1,5,9-12,15-16,23-25,28-29H2,2-3H3,(H,46,52). The molecule has 15 heteroatoms. The maximum atomic E-state index is 14.2. The molecule has 60 heavy (non-hydrogen) atoms. The van der Waals surface area contributed by atoms with E-state index in [1.54, 1.807) is 32.2 Å². The molecule has 0 aromatic heterocycles. The molecule has 6 unspecified atom stereocenters. The zero-order valence-electron chi connectivity index (χ0n) is 34.1. The van der Waals surface area contributed by atoms with Crippen LogP contribution in [0, 0.1) is 27.9 Å². The summed E-state index contributed by atoms with van der Waals surface area (Å²) < 4.78 is 25.5. The van der Waals surface area contributed by atoms with Crippen molar-refractivity contribution in [3.8, 4) is 17.2 Å². The minimum absolute atomic E-state index is 0.0109. The molecule has 1 fully saturated rings. The molecule has 320 valence electrons. The van der Waals surface area contributed by atoms with Crippen molar-refractivity contribution >= 4 is 23.6 Å². The van der Waals surface area contributed by atoms with Crippen LogP contribution < -0.4 is 19.5 Å². The summed E-state index contributed by atoms with van der Waals surface area (Å²) in [6.07, 6.45) is 6.79. The number of amides is 2. The molecule has 2 amide bonds. The van der Waals surface area contributed by atoms with Gasteiger partial charge in [0.05, 0.1) is 23.2 Å². The average Bonchev–Trinajstić information content (AvgIpc) is 3.24. The molecule has 0 bridgehead atoms. The number of hydrogen-bond donors (Lipinski definition) is 3. The van der Waals surface area contributed by atoms with E-state index >= 15 is 0 Å². The van der Waals surface area contributed by atoms with Gasteiger partial charge >= 0.3 is 12.2 Å². The van der Waals surface area contributed by atoms with Crippen LogP contribution in [0.2, 0.25) is 0 Å². The van der Waals surface area contributed by atoms with Gasteiger partial charge in [0, 0.05) is 56.8 Å². The molecule has 2 aliphatic carbocycles. The van der Waals surface area contributed by atoms with E-state index in [1.165, 1.54) is 29.2 Å². The summed E-state index contributed by atoms with van der Waals surface area (Å²) in [5.41, 5.74) is 2.97. The second-order valence-electron chi connectivity index (χ2n) is 15.2. The van der Waals surface area contributed by atoms with E-state index in [0.717, 1.165) is 36.0 Å². The quantitative estimate of drug-likeness (QED) is 0.0465. The van der Waals surface area contributed by atoms with Gasteiger partial charge in [-0.3, -0.25) is 10.1 Å². The highest BCUT2D eigenvalue weighted by molar-refractivity contribution is 6.03. The van der Waals surface area contributed by atoms with Crippen LogP contribution in [0.1, 0.15) is 68.9 Å². The number of nitrogens with zero attached hydrogens (tertiary/aromatic N) is 3. The number of aliphatic hydroxyl groups is 2. The fourth-order valence-electron chi connectivity index (χ4n) is 8.77. The van der Waals surface area contributed by atoms with Gasteiger partial charge in [0.25, 0.3) is 5.69 Å². The highest BCUT2D eigenvalue weighted by Crippen LogP contribution is 2.61. The Hall–Kier alpha value is -5.77. The van der Waals surface area contributed by atoms with Crippen molar-refractivity contribution in [2.24, 2.45) is 22.9 Å². The van der Waals surface area contributed by atoms with Crippen LogP contribution in [0.5, 0.6) is 17.2 Å². The van der Waals surface area contributed by atoms with E-state index in [9.17, 15) is 29.9 Å². The molecule has 1 aliphatic heterocycles. The smallest absolute Gasteiger partial charge is 0.415 e.